The number of piperidine rings is 1. The zero-order valence-electron chi connectivity index (χ0n) is 11.9. The van der Waals surface area contributed by atoms with Crippen LogP contribution in [0.15, 0.2) is 22.7 Å². The van der Waals surface area contributed by atoms with Crippen molar-refractivity contribution in [3.05, 3.63) is 34.1 Å². The summed E-state index contributed by atoms with van der Waals surface area (Å²) in [6.07, 6.45) is 5.09. The molecule has 2 unspecified atom stereocenters. The summed E-state index contributed by atoms with van der Waals surface area (Å²) in [5, 5.41) is 3.64. The van der Waals surface area contributed by atoms with E-state index in [2.05, 4.69) is 33.2 Å². The van der Waals surface area contributed by atoms with Crippen LogP contribution in [0, 0.1) is 11.7 Å². The minimum atomic E-state index is -0.143. The zero-order chi connectivity index (χ0) is 14.1. The van der Waals surface area contributed by atoms with Crippen molar-refractivity contribution >= 4 is 15.9 Å². The molecule has 1 aliphatic heterocycles. The second-order valence-electron chi connectivity index (χ2n) is 6.18. The molecule has 110 valence electrons. The monoisotopic (exact) mass is 340 g/mol. The molecule has 2 atom stereocenters. The highest BCUT2D eigenvalue weighted by Crippen LogP contribution is 2.38. The molecule has 1 saturated heterocycles. The summed E-state index contributed by atoms with van der Waals surface area (Å²) < 4.78 is 14.6. The van der Waals surface area contributed by atoms with Gasteiger partial charge in [-0.2, -0.15) is 0 Å². The number of hydrogen-bond donors (Lipinski definition) is 1. The first kappa shape index (κ1) is 14.5. The van der Waals surface area contributed by atoms with Gasteiger partial charge in [0, 0.05) is 23.1 Å². The summed E-state index contributed by atoms with van der Waals surface area (Å²) in [7, 11) is 2.16. The lowest BCUT2D eigenvalue weighted by Gasteiger charge is -2.40. The van der Waals surface area contributed by atoms with Crippen molar-refractivity contribution in [3.63, 3.8) is 0 Å². The molecular formula is C16H22BrFN2. The molecule has 4 heteroatoms. The van der Waals surface area contributed by atoms with E-state index in [9.17, 15) is 4.39 Å². The smallest absolute Gasteiger partial charge is 0.123 e. The van der Waals surface area contributed by atoms with Gasteiger partial charge in [-0.1, -0.05) is 15.9 Å². The molecule has 2 aliphatic rings. The standard InChI is InChI=1S/C16H22BrFN2/c1-20-8-2-3-11(10-19-13-5-6-13)16(20)14-9-12(18)4-7-15(14)17/h4,7,9,11,13,16,19H,2-3,5-6,8,10H2,1H3. The van der Waals surface area contributed by atoms with Gasteiger partial charge in [-0.3, -0.25) is 4.90 Å². The summed E-state index contributed by atoms with van der Waals surface area (Å²) in [6.45, 7) is 2.14. The highest BCUT2D eigenvalue weighted by atomic mass is 79.9. The Kier molecular flexibility index (Phi) is 4.43. The van der Waals surface area contributed by atoms with E-state index in [4.69, 9.17) is 0 Å². The van der Waals surface area contributed by atoms with Gasteiger partial charge in [0.1, 0.15) is 5.82 Å². The van der Waals surface area contributed by atoms with Crippen LogP contribution >= 0.6 is 15.9 Å². The first-order valence-corrected chi connectivity index (χ1v) is 8.33. The third-order valence-corrected chi connectivity index (χ3v) is 5.25. The van der Waals surface area contributed by atoms with Gasteiger partial charge in [-0.25, -0.2) is 4.39 Å². The van der Waals surface area contributed by atoms with Gasteiger partial charge < -0.3 is 5.32 Å². The summed E-state index contributed by atoms with van der Waals surface area (Å²) in [6, 6.07) is 6.09. The second kappa shape index (κ2) is 6.12. The second-order valence-corrected chi connectivity index (χ2v) is 7.03. The van der Waals surface area contributed by atoms with Gasteiger partial charge in [0.2, 0.25) is 0 Å². The van der Waals surface area contributed by atoms with E-state index in [-0.39, 0.29) is 5.82 Å². The fraction of sp³-hybridized carbons (Fsp3) is 0.625. The third kappa shape index (κ3) is 3.23. The molecule has 20 heavy (non-hydrogen) atoms. The Morgan fingerprint density at radius 1 is 1.35 bits per heavy atom. The van der Waals surface area contributed by atoms with Crippen molar-refractivity contribution in [2.75, 3.05) is 20.1 Å². The van der Waals surface area contributed by atoms with E-state index in [1.807, 2.05) is 6.07 Å². The molecule has 1 heterocycles. The van der Waals surface area contributed by atoms with Gasteiger partial charge in [0.25, 0.3) is 0 Å². The first-order valence-electron chi connectivity index (χ1n) is 7.53. The average Bonchev–Trinajstić information content (AvgIpc) is 3.24. The number of benzene rings is 1. The van der Waals surface area contributed by atoms with Crippen LogP contribution in [0.4, 0.5) is 4.39 Å². The zero-order valence-corrected chi connectivity index (χ0v) is 13.5. The van der Waals surface area contributed by atoms with Crippen LogP contribution < -0.4 is 5.32 Å². The van der Waals surface area contributed by atoms with E-state index in [1.165, 1.54) is 31.7 Å². The molecule has 1 aromatic rings. The van der Waals surface area contributed by atoms with Crippen molar-refractivity contribution in [1.29, 1.82) is 0 Å². The van der Waals surface area contributed by atoms with E-state index >= 15 is 0 Å². The van der Waals surface area contributed by atoms with Gasteiger partial charge in [0.05, 0.1) is 0 Å². The molecule has 2 nitrogen and oxygen atoms in total. The summed E-state index contributed by atoms with van der Waals surface area (Å²) >= 11 is 3.60. The first-order chi connectivity index (χ1) is 9.65. The van der Waals surface area contributed by atoms with Crippen molar-refractivity contribution in [3.8, 4) is 0 Å². The highest BCUT2D eigenvalue weighted by Gasteiger charge is 2.33. The predicted octanol–water partition coefficient (Wildman–Crippen LogP) is 3.72. The Morgan fingerprint density at radius 3 is 2.90 bits per heavy atom. The number of hydrogen-bond acceptors (Lipinski definition) is 2. The summed E-state index contributed by atoms with van der Waals surface area (Å²) in [5.74, 6) is 0.420. The molecular weight excluding hydrogens is 319 g/mol. The predicted molar refractivity (Wildman–Crippen MR) is 83.2 cm³/mol. The molecule has 0 spiro atoms. The molecule has 1 N–H and O–H groups in total. The Labute approximate surface area is 128 Å². The fourth-order valence-corrected chi connectivity index (χ4v) is 3.79. The van der Waals surface area contributed by atoms with E-state index in [0.717, 1.165) is 29.2 Å². The van der Waals surface area contributed by atoms with Gasteiger partial charge >= 0.3 is 0 Å². The van der Waals surface area contributed by atoms with Crippen LogP contribution in [0.5, 0.6) is 0 Å². The molecule has 3 rings (SSSR count). The van der Waals surface area contributed by atoms with Crippen LogP contribution in [0.25, 0.3) is 0 Å². The molecule has 0 amide bonds. The van der Waals surface area contributed by atoms with Crippen LogP contribution in [-0.4, -0.2) is 31.1 Å². The third-order valence-electron chi connectivity index (χ3n) is 4.53. The van der Waals surface area contributed by atoms with Crippen LogP contribution in [-0.2, 0) is 0 Å². The SMILES string of the molecule is CN1CCCC(CNC2CC2)C1c1cc(F)ccc1Br. The lowest BCUT2D eigenvalue weighted by Crippen LogP contribution is -2.41. The maximum absolute atomic E-state index is 13.6. The lowest BCUT2D eigenvalue weighted by molar-refractivity contribution is 0.118. The Bertz CT molecular complexity index is 476. The number of rotatable bonds is 4. The largest absolute Gasteiger partial charge is 0.314 e. The molecule has 0 bridgehead atoms. The minimum Gasteiger partial charge on any atom is -0.314 e. The fourth-order valence-electron chi connectivity index (χ4n) is 3.31. The Balaban J connectivity index is 1.82. The average molecular weight is 341 g/mol. The Hall–Kier alpha value is -0.450. The lowest BCUT2D eigenvalue weighted by atomic mass is 9.85. The van der Waals surface area contributed by atoms with Crippen molar-refractivity contribution in [2.45, 2.75) is 37.8 Å². The number of nitrogens with zero attached hydrogens (tertiary/aromatic N) is 1. The molecule has 1 aromatic carbocycles. The van der Waals surface area contributed by atoms with Crippen LogP contribution in [0.3, 0.4) is 0 Å². The molecule has 1 saturated carbocycles. The molecule has 1 aliphatic carbocycles. The van der Waals surface area contributed by atoms with Gasteiger partial charge in [-0.15, -0.1) is 0 Å². The van der Waals surface area contributed by atoms with Gasteiger partial charge in [-0.05, 0) is 69.0 Å². The topological polar surface area (TPSA) is 15.3 Å². The quantitative estimate of drug-likeness (QED) is 0.898. The number of likely N-dealkylation sites (tertiary alicyclic amines) is 1. The Morgan fingerprint density at radius 2 is 2.15 bits per heavy atom. The van der Waals surface area contributed by atoms with Crippen LogP contribution in [0.1, 0.15) is 37.3 Å². The summed E-state index contributed by atoms with van der Waals surface area (Å²) in [5.41, 5.74) is 1.09. The summed E-state index contributed by atoms with van der Waals surface area (Å²) in [4.78, 5) is 2.38. The highest BCUT2D eigenvalue weighted by molar-refractivity contribution is 9.10. The molecule has 2 fully saturated rings. The number of halogens is 2. The van der Waals surface area contributed by atoms with Gasteiger partial charge in [0.15, 0.2) is 0 Å². The molecule has 0 aromatic heterocycles. The van der Waals surface area contributed by atoms with Crippen LogP contribution in [0.2, 0.25) is 0 Å². The van der Waals surface area contributed by atoms with E-state index < -0.39 is 0 Å². The number of nitrogens with one attached hydrogen (secondary N) is 1. The maximum Gasteiger partial charge on any atom is 0.123 e. The van der Waals surface area contributed by atoms with Crippen molar-refractivity contribution < 1.29 is 4.39 Å². The normalized spacial score (nSPS) is 27.8. The maximum atomic E-state index is 13.6. The van der Waals surface area contributed by atoms with E-state index in [0.29, 0.717) is 12.0 Å². The minimum absolute atomic E-state index is 0.143. The molecule has 0 radical (unpaired) electrons. The van der Waals surface area contributed by atoms with Crippen molar-refractivity contribution in [2.24, 2.45) is 5.92 Å². The van der Waals surface area contributed by atoms with E-state index in [1.54, 1.807) is 6.07 Å². The van der Waals surface area contributed by atoms with Crippen molar-refractivity contribution in [1.82, 2.24) is 10.2 Å².